The molecule has 1 aliphatic heterocycles. The van der Waals surface area contributed by atoms with Gasteiger partial charge in [0.05, 0.1) is 22.5 Å². The van der Waals surface area contributed by atoms with E-state index in [-0.39, 0.29) is 10.7 Å². The lowest BCUT2D eigenvalue weighted by molar-refractivity contribution is -0.143. The molecule has 3 rings (SSSR count). The van der Waals surface area contributed by atoms with Crippen molar-refractivity contribution in [2.45, 2.75) is 6.18 Å². The van der Waals surface area contributed by atoms with Crippen molar-refractivity contribution < 1.29 is 18.0 Å². The Hall–Kier alpha value is -2.06. The van der Waals surface area contributed by atoms with Crippen LogP contribution in [0.25, 0.3) is 5.69 Å². The predicted octanol–water partition coefficient (Wildman–Crippen LogP) is 2.93. The number of halogens is 4. The third kappa shape index (κ3) is 3.50. The second-order valence-corrected chi connectivity index (χ2v) is 6.27. The average molecular weight is 373 g/mol. The van der Waals surface area contributed by atoms with Crippen LogP contribution in [0.15, 0.2) is 30.5 Å². The molecule has 9 heteroatoms. The minimum atomic E-state index is -4.74. The minimum Gasteiger partial charge on any atom is -0.336 e. The van der Waals surface area contributed by atoms with Gasteiger partial charge >= 0.3 is 6.18 Å². The molecular formula is C16H16ClF3N4O. The van der Waals surface area contributed by atoms with Crippen LogP contribution < -0.4 is 0 Å². The van der Waals surface area contributed by atoms with Gasteiger partial charge in [0, 0.05) is 26.2 Å². The molecule has 134 valence electrons. The molecule has 2 heterocycles. The number of carbonyl (C=O) groups is 1. The van der Waals surface area contributed by atoms with Crippen LogP contribution in [0.3, 0.4) is 0 Å². The fourth-order valence-electron chi connectivity index (χ4n) is 2.76. The average Bonchev–Trinajstić information content (AvgIpc) is 3.00. The zero-order chi connectivity index (χ0) is 18.2. The number of para-hydroxylation sites is 1. The molecule has 1 aromatic heterocycles. The van der Waals surface area contributed by atoms with E-state index in [1.165, 1.54) is 17.0 Å². The highest BCUT2D eigenvalue weighted by atomic mass is 35.5. The molecule has 1 fully saturated rings. The minimum absolute atomic E-state index is 0.0777. The third-order valence-electron chi connectivity index (χ3n) is 4.14. The maximum atomic E-state index is 13.7. The summed E-state index contributed by atoms with van der Waals surface area (Å²) in [6, 6.07) is 6.07. The van der Waals surface area contributed by atoms with E-state index >= 15 is 0 Å². The predicted molar refractivity (Wildman–Crippen MR) is 87.0 cm³/mol. The number of amides is 1. The van der Waals surface area contributed by atoms with Crippen molar-refractivity contribution in [3.05, 3.63) is 46.7 Å². The number of aromatic nitrogens is 2. The Bertz CT molecular complexity index is 782. The molecule has 0 bridgehead atoms. The smallest absolute Gasteiger partial charge is 0.336 e. The summed E-state index contributed by atoms with van der Waals surface area (Å²) < 4.78 is 41.7. The van der Waals surface area contributed by atoms with Crippen LogP contribution in [0.1, 0.15) is 16.1 Å². The van der Waals surface area contributed by atoms with E-state index in [0.717, 1.165) is 6.20 Å². The summed E-state index contributed by atoms with van der Waals surface area (Å²) in [5, 5.41) is 3.92. The summed E-state index contributed by atoms with van der Waals surface area (Å²) in [6.07, 6.45) is -3.78. The maximum Gasteiger partial charge on any atom is 0.434 e. The quantitative estimate of drug-likeness (QED) is 0.814. The molecule has 0 radical (unpaired) electrons. The van der Waals surface area contributed by atoms with Gasteiger partial charge < -0.3 is 9.80 Å². The summed E-state index contributed by atoms with van der Waals surface area (Å²) in [5.74, 6) is -0.668. The Kier molecular flexibility index (Phi) is 4.75. The van der Waals surface area contributed by atoms with Gasteiger partial charge in [-0.1, -0.05) is 23.7 Å². The Morgan fingerprint density at radius 2 is 1.80 bits per heavy atom. The van der Waals surface area contributed by atoms with Crippen molar-refractivity contribution in [1.29, 1.82) is 0 Å². The van der Waals surface area contributed by atoms with E-state index < -0.39 is 23.3 Å². The summed E-state index contributed by atoms with van der Waals surface area (Å²) in [4.78, 5) is 16.1. The van der Waals surface area contributed by atoms with Gasteiger partial charge in [-0.2, -0.15) is 18.3 Å². The van der Waals surface area contributed by atoms with Crippen LogP contribution in [0, 0.1) is 0 Å². The molecule has 1 aliphatic rings. The topological polar surface area (TPSA) is 41.4 Å². The fraction of sp³-hybridized carbons (Fsp3) is 0.375. The normalized spacial score (nSPS) is 16.3. The molecule has 5 nitrogen and oxygen atoms in total. The third-order valence-corrected chi connectivity index (χ3v) is 4.46. The molecule has 25 heavy (non-hydrogen) atoms. The Morgan fingerprint density at radius 1 is 1.16 bits per heavy atom. The van der Waals surface area contributed by atoms with Gasteiger partial charge in [-0.15, -0.1) is 0 Å². The van der Waals surface area contributed by atoms with E-state index in [0.29, 0.717) is 30.9 Å². The van der Waals surface area contributed by atoms with Gasteiger partial charge in [0.15, 0.2) is 5.69 Å². The molecular weight excluding hydrogens is 357 g/mol. The van der Waals surface area contributed by atoms with Gasteiger partial charge in [0.1, 0.15) is 0 Å². The SMILES string of the molecule is CN1CCN(C(=O)c2cnn(-c3ccccc3Cl)c2C(F)(F)F)CC1. The van der Waals surface area contributed by atoms with Crippen LogP contribution in [0.5, 0.6) is 0 Å². The standard InChI is InChI=1S/C16H16ClF3N4O/c1-22-6-8-23(9-7-22)15(25)11-10-21-24(14(11)16(18,19)20)13-5-3-2-4-12(13)17/h2-5,10H,6-9H2,1H3. The lowest BCUT2D eigenvalue weighted by Crippen LogP contribution is -2.47. The van der Waals surface area contributed by atoms with Crippen LogP contribution in [0.2, 0.25) is 5.02 Å². The van der Waals surface area contributed by atoms with Crippen molar-refractivity contribution in [3.8, 4) is 5.69 Å². The Balaban J connectivity index is 2.04. The summed E-state index contributed by atoms with van der Waals surface area (Å²) in [7, 11) is 1.90. The molecule has 2 aromatic rings. The highest BCUT2D eigenvalue weighted by Crippen LogP contribution is 2.35. The second-order valence-electron chi connectivity index (χ2n) is 5.86. The molecule has 1 aromatic carbocycles. The Labute approximate surface area is 147 Å². The largest absolute Gasteiger partial charge is 0.434 e. The lowest BCUT2D eigenvalue weighted by Gasteiger charge is -2.32. The van der Waals surface area contributed by atoms with Crippen LogP contribution in [-0.4, -0.2) is 58.7 Å². The van der Waals surface area contributed by atoms with Crippen LogP contribution in [-0.2, 0) is 6.18 Å². The summed E-state index contributed by atoms with van der Waals surface area (Å²) in [6.45, 7) is 1.99. The van der Waals surface area contributed by atoms with Gasteiger partial charge in [-0.05, 0) is 19.2 Å². The van der Waals surface area contributed by atoms with Gasteiger partial charge in [0.25, 0.3) is 5.91 Å². The first-order valence-electron chi connectivity index (χ1n) is 7.67. The number of benzene rings is 1. The van der Waals surface area contributed by atoms with Gasteiger partial charge in [-0.3, -0.25) is 4.79 Å². The highest BCUT2D eigenvalue weighted by molar-refractivity contribution is 6.32. The number of rotatable bonds is 2. The molecule has 0 spiro atoms. The number of nitrogens with zero attached hydrogens (tertiary/aromatic N) is 4. The van der Waals surface area contributed by atoms with E-state index in [2.05, 4.69) is 5.10 Å². The molecule has 0 aliphatic carbocycles. The summed E-state index contributed by atoms with van der Waals surface area (Å²) >= 11 is 6.01. The molecule has 1 amide bonds. The number of hydrogen-bond donors (Lipinski definition) is 0. The second kappa shape index (κ2) is 6.68. The molecule has 1 saturated heterocycles. The first-order chi connectivity index (χ1) is 11.8. The van der Waals surface area contributed by atoms with Crippen LogP contribution >= 0.6 is 11.6 Å². The zero-order valence-corrected chi connectivity index (χ0v) is 14.2. The number of carbonyl (C=O) groups excluding carboxylic acids is 1. The number of hydrogen-bond acceptors (Lipinski definition) is 3. The first kappa shape index (κ1) is 17.8. The first-order valence-corrected chi connectivity index (χ1v) is 8.05. The number of likely N-dealkylation sites (N-methyl/N-ethyl adjacent to an activating group) is 1. The fourth-order valence-corrected chi connectivity index (χ4v) is 2.98. The van der Waals surface area contributed by atoms with Crippen LogP contribution in [0.4, 0.5) is 13.2 Å². The van der Waals surface area contributed by atoms with Crippen molar-refractivity contribution in [3.63, 3.8) is 0 Å². The van der Waals surface area contributed by atoms with E-state index in [9.17, 15) is 18.0 Å². The maximum absolute atomic E-state index is 13.7. The van der Waals surface area contributed by atoms with Crippen molar-refractivity contribution >= 4 is 17.5 Å². The Morgan fingerprint density at radius 3 is 2.40 bits per heavy atom. The van der Waals surface area contributed by atoms with E-state index in [1.54, 1.807) is 12.1 Å². The summed E-state index contributed by atoms with van der Waals surface area (Å²) in [5.41, 5.74) is -1.49. The lowest BCUT2D eigenvalue weighted by atomic mass is 10.2. The monoisotopic (exact) mass is 372 g/mol. The molecule has 0 atom stereocenters. The molecule has 0 unspecified atom stereocenters. The highest BCUT2D eigenvalue weighted by Gasteiger charge is 2.41. The number of piperazine rings is 1. The zero-order valence-electron chi connectivity index (χ0n) is 13.4. The van der Waals surface area contributed by atoms with Crippen molar-refractivity contribution in [2.75, 3.05) is 33.2 Å². The van der Waals surface area contributed by atoms with E-state index in [1.807, 2.05) is 11.9 Å². The molecule has 0 N–H and O–H groups in total. The van der Waals surface area contributed by atoms with Crippen molar-refractivity contribution in [2.24, 2.45) is 0 Å². The van der Waals surface area contributed by atoms with Crippen molar-refractivity contribution in [1.82, 2.24) is 19.6 Å². The van der Waals surface area contributed by atoms with Gasteiger partial charge in [0.2, 0.25) is 0 Å². The number of alkyl halides is 3. The van der Waals surface area contributed by atoms with E-state index in [4.69, 9.17) is 11.6 Å². The molecule has 0 saturated carbocycles. The van der Waals surface area contributed by atoms with Gasteiger partial charge in [-0.25, -0.2) is 4.68 Å².